The molecule has 2 N–H and O–H groups in total. The van der Waals surface area contributed by atoms with Crippen LogP contribution in [0, 0.1) is 0 Å². The van der Waals surface area contributed by atoms with Gasteiger partial charge in [-0.25, -0.2) is 0 Å². The first kappa shape index (κ1) is 12.8. The summed E-state index contributed by atoms with van der Waals surface area (Å²) >= 11 is 0. The molecule has 2 aliphatic heterocycles. The van der Waals surface area contributed by atoms with E-state index in [4.69, 9.17) is 5.73 Å². The smallest absolute Gasteiger partial charge is 0.209 e. The highest BCUT2D eigenvalue weighted by atomic mass is 16.1. The van der Waals surface area contributed by atoms with Crippen molar-refractivity contribution in [1.29, 1.82) is 0 Å². The van der Waals surface area contributed by atoms with Crippen molar-refractivity contribution in [2.75, 3.05) is 13.1 Å². The Morgan fingerprint density at radius 2 is 2.12 bits per heavy atom. The second-order valence-electron chi connectivity index (χ2n) is 6.31. The molecule has 0 aromatic heterocycles. The average molecular weight is 239 g/mol. The molecule has 4 heteroatoms. The Morgan fingerprint density at radius 3 is 2.65 bits per heavy atom. The minimum atomic E-state index is 0.153. The number of hydrogen-bond acceptors (Lipinski definition) is 3. The Hall–Kier alpha value is -0.610. The molecule has 4 nitrogen and oxygen atoms in total. The molecule has 2 rings (SSSR count). The molecule has 2 heterocycles. The van der Waals surface area contributed by atoms with E-state index in [9.17, 15) is 4.79 Å². The van der Waals surface area contributed by atoms with Crippen LogP contribution in [0.15, 0.2) is 0 Å². The van der Waals surface area contributed by atoms with Crippen molar-refractivity contribution in [3.05, 3.63) is 0 Å². The summed E-state index contributed by atoms with van der Waals surface area (Å²) in [7, 11) is 0. The number of likely N-dealkylation sites (tertiary alicyclic amines) is 2. The first-order valence-corrected chi connectivity index (χ1v) is 6.67. The molecule has 0 radical (unpaired) electrons. The SMILES string of the molecule is CC1CC(N)CC(C)(C)N1C1CCN(C=O)C1. The molecular formula is C13H25N3O. The zero-order valence-electron chi connectivity index (χ0n) is 11.2. The third-order valence-electron chi connectivity index (χ3n) is 4.32. The maximum atomic E-state index is 10.8. The molecule has 2 saturated heterocycles. The Balaban J connectivity index is 2.10. The molecule has 0 aromatic rings. The number of carbonyl (C=O) groups excluding carboxylic acids is 1. The fraction of sp³-hybridized carbons (Fsp3) is 0.923. The molecule has 3 atom stereocenters. The molecule has 0 spiro atoms. The molecule has 0 saturated carbocycles. The van der Waals surface area contributed by atoms with Crippen molar-refractivity contribution >= 4 is 6.41 Å². The van der Waals surface area contributed by atoms with E-state index < -0.39 is 0 Å². The molecular weight excluding hydrogens is 214 g/mol. The molecule has 1 amide bonds. The quantitative estimate of drug-likeness (QED) is 0.725. The predicted molar refractivity (Wildman–Crippen MR) is 68.6 cm³/mol. The highest BCUT2D eigenvalue weighted by molar-refractivity contribution is 5.47. The van der Waals surface area contributed by atoms with Crippen LogP contribution in [-0.2, 0) is 4.79 Å². The van der Waals surface area contributed by atoms with Gasteiger partial charge in [-0.1, -0.05) is 0 Å². The summed E-state index contributed by atoms with van der Waals surface area (Å²) in [4.78, 5) is 15.3. The minimum Gasteiger partial charge on any atom is -0.344 e. The Morgan fingerprint density at radius 1 is 1.41 bits per heavy atom. The van der Waals surface area contributed by atoms with Crippen LogP contribution in [0.4, 0.5) is 0 Å². The van der Waals surface area contributed by atoms with E-state index in [0.717, 1.165) is 38.8 Å². The maximum absolute atomic E-state index is 10.8. The predicted octanol–water partition coefficient (Wildman–Crippen LogP) is 0.807. The highest BCUT2D eigenvalue weighted by Crippen LogP contribution is 2.35. The van der Waals surface area contributed by atoms with Gasteiger partial charge in [-0.15, -0.1) is 0 Å². The maximum Gasteiger partial charge on any atom is 0.209 e. The number of nitrogens with zero attached hydrogens (tertiary/aromatic N) is 2. The number of carbonyl (C=O) groups is 1. The van der Waals surface area contributed by atoms with Gasteiger partial charge in [-0.05, 0) is 40.0 Å². The summed E-state index contributed by atoms with van der Waals surface area (Å²) in [5.74, 6) is 0. The van der Waals surface area contributed by atoms with Crippen LogP contribution in [0.2, 0.25) is 0 Å². The summed E-state index contributed by atoms with van der Waals surface area (Å²) < 4.78 is 0. The molecule has 17 heavy (non-hydrogen) atoms. The Bertz CT molecular complexity index is 292. The van der Waals surface area contributed by atoms with Crippen molar-refractivity contribution < 1.29 is 4.79 Å². The lowest BCUT2D eigenvalue weighted by Crippen LogP contribution is -2.61. The van der Waals surface area contributed by atoms with Gasteiger partial charge in [0.15, 0.2) is 0 Å². The highest BCUT2D eigenvalue weighted by Gasteiger charge is 2.43. The van der Waals surface area contributed by atoms with Crippen molar-refractivity contribution in [3.63, 3.8) is 0 Å². The number of hydrogen-bond donors (Lipinski definition) is 1. The van der Waals surface area contributed by atoms with E-state index in [1.165, 1.54) is 0 Å². The van der Waals surface area contributed by atoms with E-state index >= 15 is 0 Å². The fourth-order valence-corrected chi connectivity index (χ4v) is 3.92. The van der Waals surface area contributed by atoms with Gasteiger partial charge >= 0.3 is 0 Å². The van der Waals surface area contributed by atoms with Crippen molar-refractivity contribution in [2.45, 2.75) is 63.7 Å². The van der Waals surface area contributed by atoms with E-state index in [1.807, 2.05) is 4.90 Å². The molecule has 0 bridgehead atoms. The monoisotopic (exact) mass is 239 g/mol. The van der Waals surface area contributed by atoms with Crippen LogP contribution in [0.25, 0.3) is 0 Å². The number of nitrogens with two attached hydrogens (primary N) is 1. The summed E-state index contributed by atoms with van der Waals surface area (Å²) in [6.07, 6.45) is 4.20. The van der Waals surface area contributed by atoms with E-state index in [-0.39, 0.29) is 5.54 Å². The van der Waals surface area contributed by atoms with Gasteiger partial charge in [0, 0.05) is 36.8 Å². The lowest BCUT2D eigenvalue weighted by Gasteiger charge is -2.51. The largest absolute Gasteiger partial charge is 0.344 e. The number of rotatable bonds is 2. The van der Waals surface area contributed by atoms with Gasteiger partial charge in [0.1, 0.15) is 0 Å². The molecule has 98 valence electrons. The summed E-state index contributed by atoms with van der Waals surface area (Å²) in [5, 5.41) is 0. The van der Waals surface area contributed by atoms with Crippen molar-refractivity contribution in [2.24, 2.45) is 5.73 Å². The van der Waals surface area contributed by atoms with Gasteiger partial charge in [-0.2, -0.15) is 0 Å². The van der Waals surface area contributed by atoms with Crippen molar-refractivity contribution in [3.8, 4) is 0 Å². The normalized spacial score (nSPS) is 38.4. The van der Waals surface area contributed by atoms with Crippen LogP contribution in [-0.4, -0.2) is 53.0 Å². The second-order valence-corrected chi connectivity index (χ2v) is 6.31. The summed E-state index contributed by atoms with van der Waals surface area (Å²) in [5.41, 5.74) is 6.28. The number of piperidine rings is 1. The van der Waals surface area contributed by atoms with Gasteiger partial charge in [-0.3, -0.25) is 9.69 Å². The fourth-order valence-electron chi connectivity index (χ4n) is 3.92. The number of amides is 1. The van der Waals surface area contributed by atoms with Crippen molar-refractivity contribution in [1.82, 2.24) is 9.80 Å². The lowest BCUT2D eigenvalue weighted by atomic mass is 9.82. The van der Waals surface area contributed by atoms with Crippen LogP contribution in [0.1, 0.15) is 40.0 Å². The molecule has 2 fully saturated rings. The Labute approximate surface area is 104 Å². The molecule has 0 aliphatic carbocycles. The minimum absolute atomic E-state index is 0.153. The van der Waals surface area contributed by atoms with Crippen LogP contribution in [0.5, 0.6) is 0 Å². The molecule has 3 unspecified atom stereocenters. The van der Waals surface area contributed by atoms with Gasteiger partial charge in [0.2, 0.25) is 6.41 Å². The van der Waals surface area contributed by atoms with Crippen LogP contribution >= 0.6 is 0 Å². The first-order chi connectivity index (χ1) is 7.94. The topological polar surface area (TPSA) is 49.6 Å². The summed E-state index contributed by atoms with van der Waals surface area (Å²) in [6.45, 7) is 8.62. The second kappa shape index (κ2) is 4.58. The van der Waals surface area contributed by atoms with E-state index in [2.05, 4.69) is 25.7 Å². The lowest BCUT2D eigenvalue weighted by molar-refractivity contribution is -0.117. The first-order valence-electron chi connectivity index (χ1n) is 6.67. The zero-order valence-corrected chi connectivity index (χ0v) is 11.2. The molecule has 2 aliphatic rings. The summed E-state index contributed by atoms with van der Waals surface area (Å²) in [6, 6.07) is 1.35. The third-order valence-corrected chi connectivity index (χ3v) is 4.32. The van der Waals surface area contributed by atoms with Gasteiger partial charge in [0.05, 0.1) is 0 Å². The van der Waals surface area contributed by atoms with Crippen LogP contribution in [0.3, 0.4) is 0 Å². The Kier molecular flexibility index (Phi) is 3.46. The van der Waals surface area contributed by atoms with E-state index in [1.54, 1.807) is 0 Å². The average Bonchev–Trinajstić information content (AvgIpc) is 2.62. The zero-order chi connectivity index (χ0) is 12.6. The van der Waals surface area contributed by atoms with Crippen LogP contribution < -0.4 is 5.73 Å². The van der Waals surface area contributed by atoms with Gasteiger partial charge < -0.3 is 10.6 Å². The standard InChI is InChI=1S/C13H25N3O/c1-10-6-11(14)7-13(2,3)16(10)12-4-5-15(8-12)9-17/h9-12H,4-8,14H2,1-3H3. The third kappa shape index (κ3) is 2.47. The molecule has 0 aromatic carbocycles. The van der Waals surface area contributed by atoms with E-state index in [0.29, 0.717) is 18.1 Å². The van der Waals surface area contributed by atoms with Gasteiger partial charge in [0.25, 0.3) is 0 Å².